The van der Waals surface area contributed by atoms with Crippen LogP contribution in [-0.4, -0.2) is 24.0 Å². The highest BCUT2D eigenvalue weighted by Crippen LogP contribution is 2.27. The molecule has 0 atom stereocenters. The van der Waals surface area contributed by atoms with Gasteiger partial charge < -0.3 is 15.0 Å². The van der Waals surface area contributed by atoms with Crippen molar-refractivity contribution in [2.45, 2.75) is 25.8 Å². The van der Waals surface area contributed by atoms with E-state index in [1.807, 2.05) is 25.1 Å². The van der Waals surface area contributed by atoms with Crippen molar-refractivity contribution in [3.63, 3.8) is 0 Å². The molecule has 2 N–H and O–H groups in total. The molecule has 18 heavy (non-hydrogen) atoms. The van der Waals surface area contributed by atoms with Crippen molar-refractivity contribution in [1.82, 2.24) is 10.3 Å². The van der Waals surface area contributed by atoms with Crippen molar-refractivity contribution < 1.29 is 9.53 Å². The Hall–Kier alpha value is -1.97. The van der Waals surface area contributed by atoms with Gasteiger partial charge in [-0.1, -0.05) is 0 Å². The van der Waals surface area contributed by atoms with Crippen molar-refractivity contribution in [1.29, 1.82) is 0 Å². The Morgan fingerprint density at radius 2 is 2.22 bits per heavy atom. The van der Waals surface area contributed by atoms with E-state index in [0.717, 1.165) is 40.8 Å². The fraction of sp³-hybridized carbons (Fsp3) is 0.357. The SMILES string of the molecule is COc1ccc2c(C(=O)NC3CC3)c(C)[nH]c2c1. The van der Waals surface area contributed by atoms with Gasteiger partial charge >= 0.3 is 0 Å². The molecule has 1 aromatic carbocycles. The van der Waals surface area contributed by atoms with E-state index in [9.17, 15) is 4.79 Å². The number of nitrogens with one attached hydrogen (secondary N) is 2. The number of aromatic amines is 1. The normalized spacial score (nSPS) is 14.8. The number of hydrogen-bond donors (Lipinski definition) is 2. The molecule has 3 rings (SSSR count). The zero-order chi connectivity index (χ0) is 12.7. The molecule has 0 bridgehead atoms. The van der Waals surface area contributed by atoms with E-state index in [0.29, 0.717) is 6.04 Å². The molecule has 1 aliphatic rings. The smallest absolute Gasteiger partial charge is 0.253 e. The number of aryl methyl sites for hydroxylation is 1. The number of benzene rings is 1. The van der Waals surface area contributed by atoms with Gasteiger partial charge in [0.2, 0.25) is 0 Å². The summed E-state index contributed by atoms with van der Waals surface area (Å²) in [6.45, 7) is 1.92. The van der Waals surface area contributed by atoms with Crippen LogP contribution in [0.2, 0.25) is 0 Å². The van der Waals surface area contributed by atoms with Gasteiger partial charge in [-0.05, 0) is 31.9 Å². The molecule has 1 saturated carbocycles. The predicted molar refractivity (Wildman–Crippen MR) is 70.1 cm³/mol. The number of H-pyrrole nitrogens is 1. The van der Waals surface area contributed by atoms with Crippen LogP contribution in [0.3, 0.4) is 0 Å². The molecule has 0 unspecified atom stereocenters. The van der Waals surface area contributed by atoms with Crippen molar-refractivity contribution in [3.8, 4) is 5.75 Å². The fourth-order valence-electron chi connectivity index (χ4n) is 2.22. The fourth-order valence-corrected chi connectivity index (χ4v) is 2.22. The maximum Gasteiger partial charge on any atom is 0.253 e. The van der Waals surface area contributed by atoms with E-state index in [1.54, 1.807) is 7.11 Å². The first-order valence-corrected chi connectivity index (χ1v) is 6.16. The van der Waals surface area contributed by atoms with Crippen LogP contribution >= 0.6 is 0 Å². The van der Waals surface area contributed by atoms with Crippen molar-refractivity contribution >= 4 is 16.8 Å². The zero-order valence-corrected chi connectivity index (χ0v) is 10.5. The minimum absolute atomic E-state index is 0.0198. The second kappa shape index (κ2) is 4.05. The van der Waals surface area contributed by atoms with Crippen LogP contribution in [0.5, 0.6) is 5.75 Å². The average Bonchev–Trinajstić information content (AvgIpc) is 3.08. The van der Waals surface area contributed by atoms with Gasteiger partial charge in [0, 0.05) is 23.2 Å². The summed E-state index contributed by atoms with van der Waals surface area (Å²) in [5.74, 6) is 0.810. The highest BCUT2D eigenvalue weighted by atomic mass is 16.5. The maximum atomic E-state index is 12.2. The Bertz CT molecular complexity index is 612. The molecule has 1 heterocycles. The van der Waals surface area contributed by atoms with Crippen molar-refractivity contribution in [2.75, 3.05) is 7.11 Å². The minimum atomic E-state index is 0.0198. The van der Waals surface area contributed by atoms with E-state index in [1.165, 1.54) is 0 Å². The van der Waals surface area contributed by atoms with Crippen LogP contribution in [0.25, 0.3) is 10.9 Å². The molecule has 4 nitrogen and oxygen atoms in total. The largest absolute Gasteiger partial charge is 0.497 e. The third kappa shape index (κ3) is 1.83. The molecule has 2 aromatic rings. The van der Waals surface area contributed by atoms with Crippen LogP contribution < -0.4 is 10.1 Å². The summed E-state index contributed by atoms with van der Waals surface area (Å²) in [6.07, 6.45) is 2.20. The zero-order valence-electron chi connectivity index (χ0n) is 10.5. The van der Waals surface area contributed by atoms with E-state index < -0.39 is 0 Å². The molecule has 0 aliphatic heterocycles. The highest BCUT2D eigenvalue weighted by molar-refractivity contribution is 6.08. The standard InChI is InChI=1S/C14H16N2O2/c1-8-13(14(17)16-9-3-4-9)11-6-5-10(18-2)7-12(11)15-8/h5-7,9,15H,3-4H2,1-2H3,(H,16,17). The summed E-state index contributed by atoms with van der Waals surface area (Å²) in [5, 5.41) is 3.98. The van der Waals surface area contributed by atoms with E-state index in [2.05, 4.69) is 10.3 Å². The number of aromatic nitrogens is 1. The quantitative estimate of drug-likeness (QED) is 0.871. The van der Waals surface area contributed by atoms with Crippen molar-refractivity contribution in [2.24, 2.45) is 0 Å². The first-order valence-electron chi connectivity index (χ1n) is 6.16. The minimum Gasteiger partial charge on any atom is -0.497 e. The first kappa shape index (κ1) is 11.1. The van der Waals surface area contributed by atoms with Gasteiger partial charge in [-0.3, -0.25) is 4.79 Å². The molecule has 1 amide bonds. The summed E-state index contributed by atoms with van der Waals surface area (Å²) in [6, 6.07) is 6.10. The monoisotopic (exact) mass is 244 g/mol. The second-order valence-corrected chi connectivity index (χ2v) is 4.78. The van der Waals surface area contributed by atoms with Gasteiger partial charge in [0.25, 0.3) is 5.91 Å². The number of amides is 1. The second-order valence-electron chi connectivity index (χ2n) is 4.78. The molecule has 0 spiro atoms. The number of carbonyl (C=O) groups excluding carboxylic acids is 1. The van der Waals surface area contributed by atoms with Crippen LogP contribution in [0.1, 0.15) is 28.9 Å². The Kier molecular flexibility index (Phi) is 2.51. The molecule has 1 aromatic heterocycles. The van der Waals surface area contributed by atoms with E-state index in [4.69, 9.17) is 4.74 Å². The molecule has 94 valence electrons. The Morgan fingerprint density at radius 1 is 1.44 bits per heavy atom. The number of carbonyl (C=O) groups is 1. The lowest BCUT2D eigenvalue weighted by molar-refractivity contribution is 0.0952. The lowest BCUT2D eigenvalue weighted by Gasteiger charge is -2.03. The Labute approximate surface area is 105 Å². The Morgan fingerprint density at radius 3 is 2.89 bits per heavy atom. The summed E-state index contributed by atoms with van der Waals surface area (Å²) >= 11 is 0. The number of rotatable bonds is 3. The number of fused-ring (bicyclic) bond motifs is 1. The molecule has 4 heteroatoms. The molecule has 0 radical (unpaired) electrons. The average molecular weight is 244 g/mol. The van der Waals surface area contributed by atoms with Gasteiger partial charge in [0.05, 0.1) is 18.2 Å². The van der Waals surface area contributed by atoms with Crippen LogP contribution in [0, 0.1) is 6.92 Å². The summed E-state index contributed by atoms with van der Waals surface area (Å²) in [5.41, 5.74) is 2.59. The topological polar surface area (TPSA) is 54.1 Å². The lowest BCUT2D eigenvalue weighted by atomic mass is 10.1. The summed E-state index contributed by atoms with van der Waals surface area (Å²) < 4.78 is 5.19. The number of hydrogen-bond acceptors (Lipinski definition) is 2. The third-order valence-corrected chi connectivity index (χ3v) is 3.33. The molecular weight excluding hydrogens is 228 g/mol. The van der Waals surface area contributed by atoms with Gasteiger partial charge in [-0.15, -0.1) is 0 Å². The third-order valence-electron chi connectivity index (χ3n) is 3.33. The highest BCUT2D eigenvalue weighted by Gasteiger charge is 2.26. The van der Waals surface area contributed by atoms with Crippen LogP contribution in [-0.2, 0) is 0 Å². The number of ether oxygens (including phenoxy) is 1. The van der Waals surface area contributed by atoms with E-state index in [-0.39, 0.29) is 5.91 Å². The molecule has 1 aliphatic carbocycles. The molecule has 0 saturated heterocycles. The number of methoxy groups -OCH3 is 1. The lowest BCUT2D eigenvalue weighted by Crippen LogP contribution is -2.25. The molecule has 1 fully saturated rings. The maximum absolute atomic E-state index is 12.2. The van der Waals surface area contributed by atoms with Crippen LogP contribution in [0.4, 0.5) is 0 Å². The Balaban J connectivity index is 2.04. The predicted octanol–water partition coefficient (Wildman–Crippen LogP) is 2.38. The van der Waals surface area contributed by atoms with Gasteiger partial charge in [0.15, 0.2) is 0 Å². The molecular formula is C14H16N2O2. The van der Waals surface area contributed by atoms with Crippen molar-refractivity contribution in [3.05, 3.63) is 29.5 Å². The summed E-state index contributed by atoms with van der Waals surface area (Å²) in [4.78, 5) is 15.4. The first-order chi connectivity index (χ1) is 8.69. The van der Waals surface area contributed by atoms with Gasteiger partial charge in [-0.25, -0.2) is 0 Å². The van der Waals surface area contributed by atoms with E-state index >= 15 is 0 Å². The van der Waals surface area contributed by atoms with Gasteiger partial charge in [-0.2, -0.15) is 0 Å². The van der Waals surface area contributed by atoms with Crippen LogP contribution in [0.15, 0.2) is 18.2 Å². The van der Waals surface area contributed by atoms with Gasteiger partial charge in [0.1, 0.15) is 5.75 Å². The summed E-state index contributed by atoms with van der Waals surface area (Å²) in [7, 11) is 1.64.